The number of hydrogen-bond acceptors (Lipinski definition) is 0. The fourth-order valence-electron chi connectivity index (χ4n) is 1.57. The highest BCUT2D eigenvalue weighted by molar-refractivity contribution is 5.39. The minimum Gasteiger partial charge on any atom is -0.0955 e. The molecule has 0 unspecified atom stereocenters. The SMILES string of the molecule is C=C1CCC(C)=C1CC=C(C)C. The first-order chi connectivity index (χ1) is 5.61. The van der Waals surface area contributed by atoms with Gasteiger partial charge in [0.1, 0.15) is 0 Å². The van der Waals surface area contributed by atoms with Gasteiger partial charge in [0.05, 0.1) is 0 Å². The summed E-state index contributed by atoms with van der Waals surface area (Å²) >= 11 is 0. The summed E-state index contributed by atoms with van der Waals surface area (Å²) in [6, 6.07) is 0. The van der Waals surface area contributed by atoms with Gasteiger partial charge < -0.3 is 0 Å². The van der Waals surface area contributed by atoms with Crippen molar-refractivity contribution in [3.05, 3.63) is 34.9 Å². The summed E-state index contributed by atoms with van der Waals surface area (Å²) in [5.41, 5.74) is 5.79. The van der Waals surface area contributed by atoms with Gasteiger partial charge in [-0.3, -0.25) is 0 Å². The number of hydrogen-bond donors (Lipinski definition) is 0. The van der Waals surface area contributed by atoms with Crippen molar-refractivity contribution in [2.45, 2.75) is 40.0 Å². The van der Waals surface area contributed by atoms with Crippen molar-refractivity contribution < 1.29 is 0 Å². The Balaban J connectivity index is 2.68. The highest BCUT2D eigenvalue weighted by Gasteiger charge is 2.12. The highest BCUT2D eigenvalue weighted by atomic mass is 14.2. The monoisotopic (exact) mass is 162 g/mol. The van der Waals surface area contributed by atoms with Gasteiger partial charge in [-0.1, -0.05) is 29.4 Å². The van der Waals surface area contributed by atoms with E-state index in [0.717, 1.165) is 6.42 Å². The fourth-order valence-corrected chi connectivity index (χ4v) is 1.57. The topological polar surface area (TPSA) is 0 Å². The summed E-state index contributed by atoms with van der Waals surface area (Å²) in [4.78, 5) is 0. The molecule has 0 amide bonds. The summed E-state index contributed by atoms with van der Waals surface area (Å²) in [5, 5.41) is 0. The predicted molar refractivity (Wildman–Crippen MR) is 55.1 cm³/mol. The largest absolute Gasteiger partial charge is 0.0955 e. The molecule has 0 saturated heterocycles. The maximum atomic E-state index is 4.08. The average molecular weight is 162 g/mol. The Morgan fingerprint density at radius 3 is 2.50 bits per heavy atom. The van der Waals surface area contributed by atoms with E-state index in [1.54, 1.807) is 0 Å². The lowest BCUT2D eigenvalue weighted by molar-refractivity contribution is 1.01. The molecule has 0 fully saturated rings. The number of rotatable bonds is 2. The molecule has 1 rings (SSSR count). The first-order valence-corrected chi connectivity index (χ1v) is 4.61. The Labute approximate surface area is 75.7 Å². The van der Waals surface area contributed by atoms with Gasteiger partial charge in [0.25, 0.3) is 0 Å². The van der Waals surface area contributed by atoms with Crippen LogP contribution in [0.2, 0.25) is 0 Å². The first-order valence-electron chi connectivity index (χ1n) is 4.61. The Hall–Kier alpha value is -0.780. The maximum absolute atomic E-state index is 4.08. The van der Waals surface area contributed by atoms with E-state index in [4.69, 9.17) is 0 Å². The van der Waals surface area contributed by atoms with E-state index in [2.05, 4.69) is 33.4 Å². The predicted octanol–water partition coefficient (Wildman–Crippen LogP) is 4.01. The van der Waals surface area contributed by atoms with E-state index in [1.165, 1.54) is 35.1 Å². The van der Waals surface area contributed by atoms with Crippen molar-refractivity contribution in [3.63, 3.8) is 0 Å². The van der Waals surface area contributed by atoms with Crippen LogP contribution in [0.1, 0.15) is 40.0 Å². The van der Waals surface area contributed by atoms with Gasteiger partial charge >= 0.3 is 0 Å². The second kappa shape index (κ2) is 3.75. The molecule has 0 aromatic carbocycles. The molecule has 0 aromatic rings. The van der Waals surface area contributed by atoms with E-state index in [0.29, 0.717) is 0 Å². The highest BCUT2D eigenvalue weighted by Crippen LogP contribution is 2.32. The average Bonchev–Trinajstić information content (AvgIpc) is 2.28. The van der Waals surface area contributed by atoms with Crippen LogP contribution in [0, 0.1) is 0 Å². The quantitative estimate of drug-likeness (QED) is 0.538. The molecule has 12 heavy (non-hydrogen) atoms. The molecule has 0 N–H and O–H groups in total. The molecular weight excluding hydrogens is 144 g/mol. The molecule has 0 aliphatic heterocycles. The van der Waals surface area contributed by atoms with Crippen molar-refractivity contribution in [3.8, 4) is 0 Å². The van der Waals surface area contributed by atoms with Crippen LogP contribution in [0.5, 0.6) is 0 Å². The molecule has 0 radical (unpaired) electrons. The lowest BCUT2D eigenvalue weighted by Crippen LogP contribution is -1.81. The van der Waals surface area contributed by atoms with Crippen LogP contribution >= 0.6 is 0 Å². The zero-order valence-corrected chi connectivity index (χ0v) is 8.41. The molecule has 0 atom stereocenters. The fraction of sp³-hybridized carbons (Fsp3) is 0.500. The van der Waals surface area contributed by atoms with Crippen molar-refractivity contribution >= 4 is 0 Å². The van der Waals surface area contributed by atoms with Crippen molar-refractivity contribution in [1.82, 2.24) is 0 Å². The summed E-state index contributed by atoms with van der Waals surface area (Å²) in [6.07, 6.45) is 5.78. The van der Waals surface area contributed by atoms with Crippen LogP contribution in [0.25, 0.3) is 0 Å². The molecule has 0 bridgehead atoms. The zero-order valence-electron chi connectivity index (χ0n) is 8.41. The number of allylic oxidation sites excluding steroid dienone is 5. The molecule has 0 saturated carbocycles. The lowest BCUT2D eigenvalue weighted by Gasteiger charge is -2.01. The Kier molecular flexibility index (Phi) is 2.91. The van der Waals surface area contributed by atoms with Crippen LogP contribution in [0.3, 0.4) is 0 Å². The normalized spacial score (nSPS) is 17.1. The van der Waals surface area contributed by atoms with E-state index in [-0.39, 0.29) is 0 Å². The molecule has 1 aliphatic rings. The summed E-state index contributed by atoms with van der Waals surface area (Å²) in [7, 11) is 0. The van der Waals surface area contributed by atoms with Crippen LogP contribution < -0.4 is 0 Å². The van der Waals surface area contributed by atoms with Gasteiger partial charge in [0.2, 0.25) is 0 Å². The van der Waals surface area contributed by atoms with Crippen LogP contribution in [-0.4, -0.2) is 0 Å². The summed E-state index contributed by atoms with van der Waals surface area (Å²) < 4.78 is 0. The summed E-state index contributed by atoms with van der Waals surface area (Å²) in [5.74, 6) is 0. The molecule has 66 valence electrons. The van der Waals surface area contributed by atoms with Gasteiger partial charge in [-0.05, 0) is 45.6 Å². The smallest absolute Gasteiger partial charge is 0.00930 e. The Bertz CT molecular complexity index is 247. The first kappa shape index (κ1) is 9.31. The Morgan fingerprint density at radius 1 is 1.42 bits per heavy atom. The molecule has 0 spiro atoms. The van der Waals surface area contributed by atoms with Gasteiger partial charge in [-0.25, -0.2) is 0 Å². The van der Waals surface area contributed by atoms with E-state index in [9.17, 15) is 0 Å². The van der Waals surface area contributed by atoms with Gasteiger partial charge in [-0.2, -0.15) is 0 Å². The Morgan fingerprint density at radius 2 is 2.08 bits per heavy atom. The van der Waals surface area contributed by atoms with Gasteiger partial charge in [-0.15, -0.1) is 0 Å². The second-order valence-electron chi connectivity index (χ2n) is 3.85. The van der Waals surface area contributed by atoms with Crippen LogP contribution in [0.4, 0.5) is 0 Å². The summed E-state index contributed by atoms with van der Waals surface area (Å²) in [6.45, 7) is 10.6. The molecular formula is C12H18. The standard InChI is InChI=1S/C12H18/c1-9(2)5-8-12-10(3)6-7-11(12)4/h5H,3,6-8H2,1-2,4H3. The van der Waals surface area contributed by atoms with E-state index < -0.39 is 0 Å². The molecule has 1 aliphatic carbocycles. The van der Waals surface area contributed by atoms with Crippen molar-refractivity contribution in [2.24, 2.45) is 0 Å². The van der Waals surface area contributed by atoms with E-state index in [1.807, 2.05) is 0 Å². The third kappa shape index (κ3) is 2.10. The minimum absolute atomic E-state index is 1.09. The third-order valence-electron chi connectivity index (χ3n) is 2.46. The molecule has 0 aromatic heterocycles. The van der Waals surface area contributed by atoms with Crippen molar-refractivity contribution in [2.75, 3.05) is 0 Å². The zero-order chi connectivity index (χ0) is 9.14. The lowest BCUT2D eigenvalue weighted by atomic mass is 10.0. The van der Waals surface area contributed by atoms with Gasteiger partial charge in [0, 0.05) is 0 Å². The minimum atomic E-state index is 1.09. The molecule has 0 heteroatoms. The van der Waals surface area contributed by atoms with Crippen LogP contribution in [0.15, 0.2) is 34.9 Å². The van der Waals surface area contributed by atoms with Gasteiger partial charge in [0.15, 0.2) is 0 Å². The molecule has 0 heterocycles. The van der Waals surface area contributed by atoms with Crippen molar-refractivity contribution in [1.29, 1.82) is 0 Å². The van der Waals surface area contributed by atoms with E-state index >= 15 is 0 Å². The second-order valence-corrected chi connectivity index (χ2v) is 3.85. The maximum Gasteiger partial charge on any atom is -0.00930 e. The molecule has 0 nitrogen and oxygen atoms in total. The third-order valence-corrected chi connectivity index (χ3v) is 2.46. The van der Waals surface area contributed by atoms with Crippen LogP contribution in [-0.2, 0) is 0 Å².